The van der Waals surface area contributed by atoms with Crippen LogP contribution in [0.1, 0.15) is 39.4 Å². The maximum Gasteiger partial charge on any atom is 0.274 e. The summed E-state index contributed by atoms with van der Waals surface area (Å²) < 4.78 is 15.4. The number of amides is 3. The number of piperidine rings is 1. The molecule has 0 radical (unpaired) electrons. The molecule has 3 amide bonds. The number of hydrogen-bond acceptors (Lipinski definition) is 5. The molecule has 1 fully saturated rings. The van der Waals surface area contributed by atoms with Crippen molar-refractivity contribution in [2.45, 2.75) is 30.7 Å². The van der Waals surface area contributed by atoms with Crippen LogP contribution in [-0.2, 0) is 14.5 Å². The van der Waals surface area contributed by atoms with E-state index in [0.717, 1.165) is 6.08 Å². The number of aromatic amines is 1. The van der Waals surface area contributed by atoms with Gasteiger partial charge in [-0.05, 0) is 62.0 Å². The number of H-pyrrole nitrogens is 1. The van der Waals surface area contributed by atoms with Crippen LogP contribution < -0.4 is 16.0 Å². The Kier molecular flexibility index (Phi) is 8.99. The van der Waals surface area contributed by atoms with Crippen molar-refractivity contribution < 1.29 is 18.6 Å². The van der Waals surface area contributed by atoms with Crippen LogP contribution in [0.2, 0.25) is 10.0 Å². The molecule has 2 aromatic carbocycles. The van der Waals surface area contributed by atoms with Crippen molar-refractivity contribution in [3.8, 4) is 0 Å². The lowest BCUT2D eigenvalue weighted by atomic mass is 10.1. The summed E-state index contributed by atoms with van der Waals surface area (Å²) in [4.78, 5) is 38.1. The predicted octanol–water partition coefficient (Wildman–Crippen LogP) is 4.29. The summed E-state index contributed by atoms with van der Waals surface area (Å²) in [7, 11) is -2.82. The maximum atomic E-state index is 13.6. The molecular formula is C27H28Cl2N6O4S. The molecule has 3 aromatic rings. The summed E-state index contributed by atoms with van der Waals surface area (Å²) in [6, 6.07) is 11.2. The fraction of sp³-hybridized carbons (Fsp3) is 0.222. The van der Waals surface area contributed by atoms with E-state index in [0.29, 0.717) is 42.2 Å². The molecule has 2 heterocycles. The molecule has 40 heavy (non-hydrogen) atoms. The zero-order chi connectivity index (χ0) is 29.0. The van der Waals surface area contributed by atoms with E-state index in [1.54, 1.807) is 53.7 Å². The summed E-state index contributed by atoms with van der Waals surface area (Å²) in [6.45, 7) is 5.95. The predicted molar refractivity (Wildman–Crippen MR) is 159 cm³/mol. The molecule has 1 aromatic heterocycles. The standard InChI is InChI=1S/C27H28Cl2N6O4S/c1-4-22(36)30-18-7-5-8-19(15-18)40(3,39)35-13-11-17(12-14-35)31-27(38)25-24(16(2)33-34-25)32-26(37)23-20(28)9-6-10-21(23)29/h4-10,15,17H,1,3,11-14H2,2H3,(H,30,36)(H,31,38)(H,32,37)(H,33,34). The average molecular weight is 604 g/mol. The van der Waals surface area contributed by atoms with E-state index < -0.39 is 21.5 Å². The van der Waals surface area contributed by atoms with Gasteiger partial charge in [0.15, 0.2) is 5.69 Å². The largest absolute Gasteiger partial charge is 0.348 e. The Hall–Kier alpha value is -3.64. The van der Waals surface area contributed by atoms with Crippen LogP contribution in [0.3, 0.4) is 0 Å². The van der Waals surface area contributed by atoms with Crippen LogP contribution in [0.15, 0.2) is 60.0 Å². The molecular weight excluding hydrogens is 575 g/mol. The van der Waals surface area contributed by atoms with Gasteiger partial charge in [-0.2, -0.15) is 5.10 Å². The molecule has 1 aliphatic heterocycles. The first kappa shape index (κ1) is 29.3. The Morgan fingerprint density at radius 3 is 2.38 bits per heavy atom. The summed E-state index contributed by atoms with van der Waals surface area (Å²) >= 11 is 12.3. The van der Waals surface area contributed by atoms with Gasteiger partial charge in [-0.3, -0.25) is 19.5 Å². The number of aryl methyl sites for hydroxylation is 1. The van der Waals surface area contributed by atoms with Gasteiger partial charge in [0.1, 0.15) is 0 Å². The van der Waals surface area contributed by atoms with Crippen molar-refractivity contribution in [1.82, 2.24) is 19.8 Å². The third-order valence-electron chi connectivity index (χ3n) is 6.45. The Morgan fingerprint density at radius 1 is 1.07 bits per heavy atom. The molecule has 4 rings (SSSR count). The van der Waals surface area contributed by atoms with Gasteiger partial charge in [-0.25, -0.2) is 8.51 Å². The lowest BCUT2D eigenvalue weighted by molar-refractivity contribution is -0.111. The van der Waals surface area contributed by atoms with Crippen LogP contribution in [-0.4, -0.2) is 61.4 Å². The van der Waals surface area contributed by atoms with Gasteiger partial charge >= 0.3 is 0 Å². The molecule has 1 atom stereocenters. The minimum atomic E-state index is -2.82. The monoisotopic (exact) mass is 602 g/mol. The molecule has 10 nitrogen and oxygen atoms in total. The molecule has 1 saturated heterocycles. The molecule has 0 saturated carbocycles. The van der Waals surface area contributed by atoms with Crippen LogP contribution in [0, 0.1) is 6.92 Å². The van der Waals surface area contributed by atoms with Gasteiger partial charge in [-0.1, -0.05) is 41.9 Å². The van der Waals surface area contributed by atoms with Crippen molar-refractivity contribution >= 4 is 67.9 Å². The summed E-state index contributed by atoms with van der Waals surface area (Å²) in [5.74, 6) is 2.57. The van der Waals surface area contributed by atoms with Crippen molar-refractivity contribution in [2.24, 2.45) is 0 Å². The number of nitrogens with zero attached hydrogens (tertiary/aromatic N) is 2. The fourth-order valence-corrected chi connectivity index (χ4v) is 6.57. The molecule has 13 heteroatoms. The fourth-order valence-electron chi connectivity index (χ4n) is 4.30. The number of aromatic nitrogens is 2. The van der Waals surface area contributed by atoms with E-state index in [-0.39, 0.29) is 38.9 Å². The second-order valence-electron chi connectivity index (χ2n) is 9.16. The van der Waals surface area contributed by atoms with E-state index in [2.05, 4.69) is 38.6 Å². The highest BCUT2D eigenvalue weighted by molar-refractivity contribution is 7.98. The zero-order valence-electron chi connectivity index (χ0n) is 21.6. The van der Waals surface area contributed by atoms with Crippen LogP contribution in [0.25, 0.3) is 0 Å². The Balaban J connectivity index is 1.40. The van der Waals surface area contributed by atoms with Gasteiger partial charge < -0.3 is 16.0 Å². The first-order valence-corrected chi connectivity index (χ1v) is 14.7. The summed E-state index contributed by atoms with van der Waals surface area (Å²) in [6.07, 6.45) is 2.19. The number of carbonyl (C=O) groups excluding carboxylic acids is 3. The first-order chi connectivity index (χ1) is 19.0. The maximum absolute atomic E-state index is 13.6. The third-order valence-corrected chi connectivity index (χ3v) is 9.27. The number of hydrogen-bond donors (Lipinski definition) is 4. The second kappa shape index (κ2) is 12.3. The molecule has 0 bridgehead atoms. The SMILES string of the molecule is C=CC(=O)Nc1cccc(S(=C)(=O)N2CCC(NC(=O)c3n[nH]c(C)c3NC(=O)c3c(Cl)cccc3Cl)CC2)c1. The van der Waals surface area contributed by atoms with Crippen LogP contribution in [0.5, 0.6) is 0 Å². The Labute approximate surface area is 242 Å². The molecule has 0 spiro atoms. The molecule has 4 N–H and O–H groups in total. The zero-order valence-corrected chi connectivity index (χ0v) is 24.0. The Bertz CT molecular complexity index is 1560. The number of halogens is 2. The molecule has 0 aliphatic carbocycles. The minimum absolute atomic E-state index is 0.0239. The summed E-state index contributed by atoms with van der Waals surface area (Å²) in [5, 5.41) is 15.5. The second-order valence-corrected chi connectivity index (χ2v) is 12.2. The number of benzene rings is 2. The van der Waals surface area contributed by atoms with Gasteiger partial charge in [0.05, 0.1) is 36.7 Å². The molecule has 1 aliphatic rings. The molecule has 210 valence electrons. The third kappa shape index (κ3) is 6.39. The number of rotatable bonds is 8. The minimum Gasteiger partial charge on any atom is -0.348 e. The lowest BCUT2D eigenvalue weighted by Crippen LogP contribution is -2.46. The highest BCUT2D eigenvalue weighted by atomic mass is 35.5. The van der Waals surface area contributed by atoms with E-state index >= 15 is 0 Å². The number of nitrogens with one attached hydrogen (secondary N) is 4. The van der Waals surface area contributed by atoms with E-state index in [9.17, 15) is 18.6 Å². The average Bonchev–Trinajstić information content (AvgIpc) is 3.28. The highest BCUT2D eigenvalue weighted by Crippen LogP contribution is 2.27. The Morgan fingerprint density at radius 2 is 1.73 bits per heavy atom. The van der Waals surface area contributed by atoms with Crippen molar-refractivity contribution in [3.63, 3.8) is 0 Å². The van der Waals surface area contributed by atoms with E-state index in [1.165, 1.54) is 0 Å². The molecule has 1 unspecified atom stereocenters. The van der Waals surface area contributed by atoms with E-state index in [1.807, 2.05) is 0 Å². The smallest absolute Gasteiger partial charge is 0.274 e. The highest BCUT2D eigenvalue weighted by Gasteiger charge is 2.29. The van der Waals surface area contributed by atoms with Crippen molar-refractivity contribution in [1.29, 1.82) is 0 Å². The van der Waals surface area contributed by atoms with Gasteiger partial charge in [-0.15, -0.1) is 0 Å². The van der Waals surface area contributed by atoms with Gasteiger partial charge in [0.25, 0.3) is 11.8 Å². The van der Waals surface area contributed by atoms with Crippen LogP contribution >= 0.6 is 23.2 Å². The lowest BCUT2D eigenvalue weighted by Gasteiger charge is -2.34. The quantitative estimate of drug-likeness (QED) is 0.225. The number of carbonyl (C=O) groups is 3. The van der Waals surface area contributed by atoms with Gasteiger partial charge in [0.2, 0.25) is 5.91 Å². The van der Waals surface area contributed by atoms with Crippen LogP contribution in [0.4, 0.5) is 11.4 Å². The van der Waals surface area contributed by atoms with E-state index in [4.69, 9.17) is 23.2 Å². The van der Waals surface area contributed by atoms with Crippen molar-refractivity contribution in [2.75, 3.05) is 23.7 Å². The van der Waals surface area contributed by atoms with Crippen molar-refractivity contribution in [3.05, 3.63) is 82.1 Å². The normalized spacial score (nSPS) is 15.6. The number of anilines is 2. The first-order valence-electron chi connectivity index (χ1n) is 12.3. The topological polar surface area (TPSA) is 136 Å². The van der Waals surface area contributed by atoms with Gasteiger partial charge in [0, 0.05) is 29.7 Å². The summed E-state index contributed by atoms with van der Waals surface area (Å²) in [5.41, 5.74) is 1.32.